The second-order valence-electron chi connectivity index (χ2n) is 4.34. The molecule has 0 unspecified atom stereocenters. The Kier molecular flexibility index (Phi) is 5.38. The Hall–Kier alpha value is -2.29. The highest BCUT2D eigenvalue weighted by atomic mass is 32.1. The minimum Gasteiger partial charge on any atom is -0.508 e. The van der Waals surface area contributed by atoms with Gasteiger partial charge in [-0.1, -0.05) is 24.0 Å². The molecular formula is C16H15NO3S. The number of carbonyl (C=O) groups excluding carboxylic acids is 1. The van der Waals surface area contributed by atoms with E-state index in [0.717, 1.165) is 16.0 Å². The van der Waals surface area contributed by atoms with E-state index in [4.69, 9.17) is 5.11 Å². The summed E-state index contributed by atoms with van der Waals surface area (Å²) in [6.07, 6.45) is 0.267. The molecule has 0 aliphatic heterocycles. The molecule has 2 rings (SSSR count). The highest BCUT2D eigenvalue weighted by Crippen LogP contribution is 2.15. The standard InChI is InChI=1S/C16H15NO3S/c18-8-1-2-13-7-9-21-15(13)11-17-16(20)10-12-3-5-14(19)6-4-12/h3-7,9,18-19H,8,10-11H2,(H,17,20). The number of benzene rings is 1. The van der Waals surface area contributed by atoms with E-state index in [1.54, 1.807) is 24.3 Å². The topological polar surface area (TPSA) is 69.6 Å². The van der Waals surface area contributed by atoms with E-state index in [9.17, 15) is 9.90 Å². The van der Waals surface area contributed by atoms with Crippen molar-refractivity contribution < 1.29 is 15.0 Å². The largest absolute Gasteiger partial charge is 0.508 e. The maximum absolute atomic E-state index is 11.9. The Balaban J connectivity index is 1.89. The molecule has 1 aromatic carbocycles. The van der Waals surface area contributed by atoms with Gasteiger partial charge in [0.05, 0.1) is 13.0 Å². The van der Waals surface area contributed by atoms with Crippen LogP contribution >= 0.6 is 11.3 Å². The van der Waals surface area contributed by atoms with Crippen LogP contribution in [0, 0.1) is 11.8 Å². The van der Waals surface area contributed by atoms with Crippen LogP contribution in [0.2, 0.25) is 0 Å². The summed E-state index contributed by atoms with van der Waals surface area (Å²) in [5, 5.41) is 22.6. The highest BCUT2D eigenvalue weighted by molar-refractivity contribution is 7.10. The number of carbonyl (C=O) groups is 1. The molecule has 0 saturated heterocycles. The first-order valence-electron chi connectivity index (χ1n) is 6.39. The third-order valence-electron chi connectivity index (χ3n) is 2.79. The zero-order valence-corrected chi connectivity index (χ0v) is 12.1. The molecule has 0 saturated carbocycles. The average molecular weight is 301 g/mol. The van der Waals surface area contributed by atoms with Crippen molar-refractivity contribution in [3.05, 3.63) is 51.7 Å². The number of phenolic OH excluding ortho intramolecular Hbond substituents is 1. The van der Waals surface area contributed by atoms with E-state index in [2.05, 4.69) is 17.2 Å². The van der Waals surface area contributed by atoms with Crippen LogP contribution in [-0.4, -0.2) is 22.7 Å². The highest BCUT2D eigenvalue weighted by Gasteiger charge is 2.06. The summed E-state index contributed by atoms with van der Waals surface area (Å²) >= 11 is 1.52. The Morgan fingerprint density at radius 3 is 2.71 bits per heavy atom. The fraction of sp³-hybridized carbons (Fsp3) is 0.188. The fourth-order valence-electron chi connectivity index (χ4n) is 1.76. The minimum absolute atomic E-state index is 0.0878. The van der Waals surface area contributed by atoms with Gasteiger partial charge in [-0.15, -0.1) is 11.3 Å². The number of amides is 1. The van der Waals surface area contributed by atoms with Crippen LogP contribution in [0.15, 0.2) is 35.7 Å². The normalized spacial score (nSPS) is 9.76. The number of nitrogens with one attached hydrogen (secondary N) is 1. The van der Waals surface area contributed by atoms with Gasteiger partial charge >= 0.3 is 0 Å². The summed E-state index contributed by atoms with van der Waals surface area (Å²) in [6.45, 7) is 0.243. The summed E-state index contributed by atoms with van der Waals surface area (Å²) < 4.78 is 0. The molecule has 3 N–H and O–H groups in total. The average Bonchev–Trinajstić information content (AvgIpc) is 2.93. The number of hydrogen-bond donors (Lipinski definition) is 3. The molecule has 0 bridgehead atoms. The molecule has 0 aliphatic rings. The van der Waals surface area contributed by atoms with Crippen LogP contribution in [0.1, 0.15) is 16.0 Å². The van der Waals surface area contributed by atoms with E-state index in [1.165, 1.54) is 11.3 Å². The van der Waals surface area contributed by atoms with Gasteiger partial charge in [-0.2, -0.15) is 0 Å². The van der Waals surface area contributed by atoms with Gasteiger partial charge in [0.2, 0.25) is 5.91 Å². The van der Waals surface area contributed by atoms with E-state index < -0.39 is 0 Å². The van der Waals surface area contributed by atoms with Gasteiger partial charge in [-0.3, -0.25) is 4.79 Å². The zero-order valence-electron chi connectivity index (χ0n) is 11.3. The van der Waals surface area contributed by atoms with Crippen molar-refractivity contribution >= 4 is 17.2 Å². The maximum atomic E-state index is 11.9. The van der Waals surface area contributed by atoms with Crippen molar-refractivity contribution in [1.29, 1.82) is 0 Å². The number of thiophene rings is 1. The van der Waals surface area contributed by atoms with Crippen molar-refractivity contribution in [2.24, 2.45) is 0 Å². The smallest absolute Gasteiger partial charge is 0.224 e. The van der Waals surface area contributed by atoms with Crippen LogP contribution in [-0.2, 0) is 17.8 Å². The summed E-state index contributed by atoms with van der Waals surface area (Å²) in [4.78, 5) is 12.8. The molecule has 1 heterocycles. The Morgan fingerprint density at radius 1 is 1.24 bits per heavy atom. The lowest BCUT2D eigenvalue weighted by atomic mass is 10.1. The van der Waals surface area contributed by atoms with Crippen LogP contribution in [0.5, 0.6) is 5.75 Å². The lowest BCUT2D eigenvalue weighted by Gasteiger charge is -2.05. The third-order valence-corrected chi connectivity index (χ3v) is 3.72. The number of aliphatic hydroxyl groups is 1. The van der Waals surface area contributed by atoms with Crippen LogP contribution in [0.4, 0.5) is 0 Å². The lowest BCUT2D eigenvalue weighted by Crippen LogP contribution is -2.24. The predicted octanol–water partition coefficient (Wildman–Crippen LogP) is 1.66. The molecular weight excluding hydrogens is 286 g/mol. The second kappa shape index (κ2) is 7.48. The molecule has 108 valence electrons. The second-order valence-corrected chi connectivity index (χ2v) is 5.34. The van der Waals surface area contributed by atoms with Gasteiger partial charge < -0.3 is 15.5 Å². The maximum Gasteiger partial charge on any atom is 0.224 e. The zero-order chi connectivity index (χ0) is 15.1. The monoisotopic (exact) mass is 301 g/mol. The first-order valence-corrected chi connectivity index (χ1v) is 7.27. The molecule has 0 radical (unpaired) electrons. The molecule has 4 nitrogen and oxygen atoms in total. The van der Waals surface area contributed by atoms with E-state index in [1.807, 2.05) is 11.4 Å². The SMILES string of the molecule is O=C(Cc1ccc(O)cc1)NCc1sccc1C#CCO. The van der Waals surface area contributed by atoms with Gasteiger partial charge in [0.1, 0.15) is 12.4 Å². The molecule has 0 aliphatic carbocycles. The van der Waals surface area contributed by atoms with E-state index >= 15 is 0 Å². The summed E-state index contributed by atoms with van der Waals surface area (Å²) in [5.74, 6) is 5.55. The first-order chi connectivity index (χ1) is 10.2. The number of rotatable bonds is 4. The molecule has 21 heavy (non-hydrogen) atoms. The Morgan fingerprint density at radius 2 is 2.00 bits per heavy atom. The quantitative estimate of drug-likeness (QED) is 0.752. The molecule has 0 spiro atoms. The van der Waals surface area contributed by atoms with Crippen molar-refractivity contribution in [3.8, 4) is 17.6 Å². The summed E-state index contributed by atoms with van der Waals surface area (Å²) in [7, 11) is 0. The molecule has 1 amide bonds. The summed E-state index contributed by atoms with van der Waals surface area (Å²) in [6, 6.07) is 8.43. The number of aromatic hydroxyl groups is 1. The van der Waals surface area contributed by atoms with Gasteiger partial charge in [0, 0.05) is 10.4 Å². The number of phenols is 1. The van der Waals surface area contributed by atoms with Gasteiger partial charge in [-0.25, -0.2) is 0 Å². The Labute approximate surface area is 127 Å². The molecule has 5 heteroatoms. The first kappa shape index (κ1) is 15.1. The van der Waals surface area contributed by atoms with Crippen LogP contribution in [0.3, 0.4) is 0 Å². The molecule has 0 atom stereocenters. The molecule has 1 aromatic heterocycles. The van der Waals surface area contributed by atoms with Gasteiger partial charge in [0.15, 0.2) is 0 Å². The minimum atomic E-state index is -0.178. The number of hydrogen-bond acceptors (Lipinski definition) is 4. The predicted molar refractivity (Wildman–Crippen MR) is 81.9 cm³/mol. The Bertz CT molecular complexity index is 665. The molecule has 2 aromatic rings. The van der Waals surface area contributed by atoms with E-state index in [0.29, 0.717) is 6.54 Å². The lowest BCUT2D eigenvalue weighted by molar-refractivity contribution is -0.120. The summed E-state index contributed by atoms with van der Waals surface area (Å²) in [5.41, 5.74) is 1.68. The van der Waals surface area contributed by atoms with Crippen LogP contribution < -0.4 is 5.32 Å². The fourth-order valence-corrected chi connectivity index (χ4v) is 2.53. The van der Waals surface area contributed by atoms with Crippen molar-refractivity contribution in [2.75, 3.05) is 6.61 Å². The van der Waals surface area contributed by atoms with E-state index in [-0.39, 0.29) is 24.7 Å². The third kappa shape index (κ3) is 4.63. The van der Waals surface area contributed by atoms with Crippen molar-refractivity contribution in [2.45, 2.75) is 13.0 Å². The van der Waals surface area contributed by atoms with Crippen molar-refractivity contribution in [1.82, 2.24) is 5.32 Å². The van der Waals surface area contributed by atoms with Gasteiger partial charge in [-0.05, 0) is 29.1 Å². The van der Waals surface area contributed by atoms with Crippen molar-refractivity contribution in [3.63, 3.8) is 0 Å². The van der Waals surface area contributed by atoms with Gasteiger partial charge in [0.25, 0.3) is 0 Å². The van der Waals surface area contributed by atoms with Crippen LogP contribution in [0.25, 0.3) is 0 Å². The molecule has 0 fully saturated rings. The number of aliphatic hydroxyl groups excluding tert-OH is 1.